The molecule has 8 heavy (non-hydrogen) atoms. The van der Waals surface area contributed by atoms with E-state index in [0.717, 1.165) is 0 Å². The highest BCUT2D eigenvalue weighted by molar-refractivity contribution is 5.81. The predicted molar refractivity (Wildman–Crippen MR) is 28.7 cm³/mol. The van der Waals surface area contributed by atoms with Crippen LogP contribution in [0.15, 0.2) is 5.16 Å². The van der Waals surface area contributed by atoms with Crippen LogP contribution in [-0.4, -0.2) is 5.84 Å². The predicted octanol–water partition coefficient (Wildman–Crippen LogP) is 0.816. The van der Waals surface area contributed by atoms with Crippen LogP contribution in [0.1, 0.15) is 13.8 Å². The van der Waals surface area contributed by atoms with Crippen LogP contribution in [0.2, 0.25) is 0 Å². The van der Waals surface area contributed by atoms with Crippen LogP contribution in [0, 0.1) is 5.92 Å². The van der Waals surface area contributed by atoms with Crippen molar-refractivity contribution >= 4 is 5.84 Å². The molecule has 0 aliphatic carbocycles. The first-order valence-electron chi connectivity index (χ1n) is 2.29. The molecule has 0 aromatic rings. The molecule has 0 atom stereocenters. The minimum atomic E-state index is 0.0331. The molecule has 0 saturated carbocycles. The van der Waals surface area contributed by atoms with Gasteiger partial charge in [-0.25, -0.2) is 0 Å². The van der Waals surface area contributed by atoms with E-state index in [2.05, 4.69) is 10.2 Å². The highest BCUT2D eigenvalue weighted by atomic mass is 19.3. The third-order valence-electron chi connectivity index (χ3n) is 0.731. The van der Waals surface area contributed by atoms with Crippen molar-refractivity contribution in [1.29, 1.82) is 0 Å². The largest absolute Gasteiger partial charge is 0.384 e. The Morgan fingerprint density at radius 1 is 1.75 bits per heavy atom. The second-order valence-corrected chi connectivity index (χ2v) is 1.74. The van der Waals surface area contributed by atoms with Crippen LogP contribution in [0.5, 0.6) is 0 Å². The van der Waals surface area contributed by atoms with Crippen LogP contribution in [0.3, 0.4) is 0 Å². The van der Waals surface area contributed by atoms with Crippen LogP contribution >= 0.6 is 0 Å². The second-order valence-electron chi connectivity index (χ2n) is 1.74. The molecular formula is C4H9FN2O. The van der Waals surface area contributed by atoms with Crippen LogP contribution in [0.4, 0.5) is 4.53 Å². The van der Waals surface area contributed by atoms with Crippen molar-refractivity contribution in [3.8, 4) is 0 Å². The maximum atomic E-state index is 10.8. The molecule has 0 aliphatic heterocycles. The fourth-order valence-electron chi connectivity index (χ4n) is 0.145. The van der Waals surface area contributed by atoms with Crippen molar-refractivity contribution in [3.05, 3.63) is 0 Å². The Bertz CT molecular complexity index is 92.0. The number of halogens is 1. The number of hydrogen-bond acceptors (Lipinski definition) is 2. The van der Waals surface area contributed by atoms with Gasteiger partial charge in [0.1, 0.15) is 5.84 Å². The maximum Gasteiger partial charge on any atom is 0.146 e. The third-order valence-corrected chi connectivity index (χ3v) is 0.731. The van der Waals surface area contributed by atoms with Gasteiger partial charge >= 0.3 is 0 Å². The maximum absolute atomic E-state index is 10.8. The fraction of sp³-hybridized carbons (Fsp3) is 0.750. The summed E-state index contributed by atoms with van der Waals surface area (Å²) in [6.07, 6.45) is 0. The molecule has 0 rings (SSSR count). The standard InChI is InChI=1S/C4H9FN2O/c1-3(2)4(6)7-8-5/h3H,1-2H3,(H2,6,7). The lowest BCUT2D eigenvalue weighted by atomic mass is 10.2. The molecule has 0 bridgehead atoms. The van der Waals surface area contributed by atoms with E-state index in [9.17, 15) is 4.53 Å². The molecule has 0 aromatic heterocycles. The number of oxime groups is 1. The van der Waals surface area contributed by atoms with Gasteiger partial charge in [-0.2, -0.15) is 5.04 Å². The topological polar surface area (TPSA) is 47.6 Å². The number of nitrogens with zero attached hydrogens (tertiary/aromatic N) is 1. The highest BCUT2D eigenvalue weighted by Gasteiger charge is 1.97. The Hall–Kier alpha value is -0.800. The molecule has 2 N–H and O–H groups in total. The van der Waals surface area contributed by atoms with E-state index in [-0.39, 0.29) is 11.8 Å². The number of rotatable bonds is 2. The van der Waals surface area contributed by atoms with Crippen LogP contribution < -0.4 is 5.73 Å². The Balaban J connectivity index is 3.61. The minimum Gasteiger partial charge on any atom is -0.384 e. The molecule has 0 fully saturated rings. The van der Waals surface area contributed by atoms with Crippen LogP contribution in [-0.2, 0) is 5.04 Å². The van der Waals surface area contributed by atoms with Gasteiger partial charge in [0.15, 0.2) is 0 Å². The van der Waals surface area contributed by atoms with Crippen molar-refractivity contribution in [2.24, 2.45) is 16.8 Å². The lowest BCUT2D eigenvalue weighted by Gasteiger charge is -1.97. The summed E-state index contributed by atoms with van der Waals surface area (Å²) in [5.74, 6) is 0.193. The first kappa shape index (κ1) is 7.20. The van der Waals surface area contributed by atoms with Gasteiger partial charge in [0, 0.05) is 10.4 Å². The molecule has 0 spiro atoms. The molecule has 0 heterocycles. The quantitative estimate of drug-likeness (QED) is 0.333. The number of nitrogens with two attached hydrogens (primary N) is 1. The van der Waals surface area contributed by atoms with Gasteiger partial charge in [-0.3, -0.25) is 0 Å². The first-order valence-corrected chi connectivity index (χ1v) is 2.29. The summed E-state index contributed by atoms with van der Waals surface area (Å²) in [5, 5.41) is 5.78. The summed E-state index contributed by atoms with van der Waals surface area (Å²) in [6, 6.07) is 0. The van der Waals surface area contributed by atoms with Crippen molar-refractivity contribution < 1.29 is 9.57 Å². The van der Waals surface area contributed by atoms with E-state index < -0.39 is 0 Å². The fourth-order valence-corrected chi connectivity index (χ4v) is 0.145. The summed E-state index contributed by atoms with van der Waals surface area (Å²) < 4.78 is 10.8. The summed E-state index contributed by atoms with van der Waals surface area (Å²) in [6.45, 7) is 3.58. The van der Waals surface area contributed by atoms with Crippen molar-refractivity contribution in [2.45, 2.75) is 13.8 Å². The highest BCUT2D eigenvalue weighted by Crippen LogP contribution is 1.91. The number of hydrogen-bond donors (Lipinski definition) is 1. The average Bonchev–Trinajstić information content (AvgIpc) is 1.67. The smallest absolute Gasteiger partial charge is 0.146 e. The molecule has 4 heteroatoms. The van der Waals surface area contributed by atoms with E-state index in [1.165, 1.54) is 0 Å². The van der Waals surface area contributed by atoms with Gasteiger partial charge in [-0.05, 0) is 5.16 Å². The summed E-state index contributed by atoms with van der Waals surface area (Å²) in [5.41, 5.74) is 5.11. The van der Waals surface area contributed by atoms with Gasteiger partial charge < -0.3 is 5.73 Å². The molecule has 0 aliphatic rings. The van der Waals surface area contributed by atoms with E-state index in [1.807, 2.05) is 0 Å². The summed E-state index contributed by atoms with van der Waals surface area (Å²) >= 11 is 0. The molecular weight excluding hydrogens is 111 g/mol. The second kappa shape index (κ2) is 3.23. The lowest BCUT2D eigenvalue weighted by Crippen LogP contribution is -2.18. The SMILES string of the molecule is CC(C)/C(N)=N\OF. The molecule has 0 radical (unpaired) electrons. The van der Waals surface area contributed by atoms with Crippen LogP contribution in [0.25, 0.3) is 0 Å². The van der Waals surface area contributed by atoms with Crippen molar-refractivity contribution in [1.82, 2.24) is 0 Å². The Morgan fingerprint density at radius 3 is 2.38 bits per heavy atom. The molecule has 3 nitrogen and oxygen atoms in total. The van der Waals surface area contributed by atoms with Gasteiger partial charge in [0.25, 0.3) is 0 Å². The zero-order chi connectivity index (χ0) is 6.57. The molecule has 0 unspecified atom stereocenters. The van der Waals surface area contributed by atoms with Gasteiger partial charge in [0.2, 0.25) is 0 Å². The Kier molecular flexibility index (Phi) is 2.91. The van der Waals surface area contributed by atoms with Crippen molar-refractivity contribution in [2.75, 3.05) is 0 Å². The molecule has 0 saturated heterocycles. The number of amidine groups is 1. The minimum absolute atomic E-state index is 0.0331. The zero-order valence-electron chi connectivity index (χ0n) is 4.89. The lowest BCUT2D eigenvalue weighted by molar-refractivity contribution is -0.131. The van der Waals surface area contributed by atoms with E-state index in [4.69, 9.17) is 5.73 Å². The van der Waals surface area contributed by atoms with Gasteiger partial charge in [-0.1, -0.05) is 13.8 Å². The van der Waals surface area contributed by atoms with Gasteiger partial charge in [-0.15, -0.1) is 0 Å². The Labute approximate surface area is 47.2 Å². The molecule has 48 valence electrons. The van der Waals surface area contributed by atoms with Gasteiger partial charge in [0.05, 0.1) is 0 Å². The van der Waals surface area contributed by atoms with E-state index >= 15 is 0 Å². The summed E-state index contributed by atoms with van der Waals surface area (Å²) in [4.78, 5) is 0. The zero-order valence-corrected chi connectivity index (χ0v) is 4.89. The normalized spacial score (nSPS) is 12.2. The molecule has 0 amide bonds. The molecule has 0 aromatic carbocycles. The monoisotopic (exact) mass is 120 g/mol. The summed E-state index contributed by atoms with van der Waals surface area (Å²) in [7, 11) is 0. The average molecular weight is 120 g/mol. The van der Waals surface area contributed by atoms with E-state index in [0.29, 0.717) is 0 Å². The van der Waals surface area contributed by atoms with E-state index in [1.54, 1.807) is 13.8 Å². The first-order chi connectivity index (χ1) is 3.68. The third kappa shape index (κ3) is 2.39. The Morgan fingerprint density at radius 2 is 2.25 bits per heavy atom. The van der Waals surface area contributed by atoms with Crippen molar-refractivity contribution in [3.63, 3.8) is 0 Å².